The Morgan fingerprint density at radius 3 is 2.86 bits per heavy atom. The van der Waals surface area contributed by atoms with Gasteiger partial charge in [-0.2, -0.15) is 0 Å². The monoisotopic (exact) mass is 317 g/mol. The fraction of sp³-hybridized carbons (Fsp3) is 0.438. The van der Waals surface area contributed by atoms with Crippen molar-refractivity contribution >= 4 is 23.4 Å². The van der Waals surface area contributed by atoms with Crippen LogP contribution in [0.1, 0.15) is 50.0 Å². The summed E-state index contributed by atoms with van der Waals surface area (Å²) in [6, 6.07) is 7.87. The van der Waals surface area contributed by atoms with Crippen LogP contribution in [0.2, 0.25) is 0 Å². The van der Waals surface area contributed by atoms with Crippen LogP contribution in [0, 0.1) is 0 Å². The molecule has 1 aromatic heterocycles. The summed E-state index contributed by atoms with van der Waals surface area (Å²) >= 11 is 1.28. The zero-order valence-electron chi connectivity index (χ0n) is 12.7. The lowest BCUT2D eigenvalue weighted by Gasteiger charge is -2.13. The lowest BCUT2D eigenvalue weighted by Crippen LogP contribution is -2.15. The van der Waals surface area contributed by atoms with Gasteiger partial charge in [-0.3, -0.25) is 4.79 Å². The standard InChI is InChI=1S/C16H19N3O2S/c1-10(2)12-5-3-4-6-13(12)17-14(20)9-22-16-19-18-15(21-16)11-7-8-11/h3-6,10-11H,7-9H2,1-2H3,(H,17,20). The Labute approximate surface area is 133 Å². The molecule has 6 heteroatoms. The minimum atomic E-state index is -0.0655. The van der Waals surface area contributed by atoms with Gasteiger partial charge in [0.1, 0.15) is 0 Å². The fourth-order valence-electron chi connectivity index (χ4n) is 2.20. The molecule has 0 saturated heterocycles. The first-order valence-corrected chi connectivity index (χ1v) is 8.47. The summed E-state index contributed by atoms with van der Waals surface area (Å²) in [5.41, 5.74) is 2.00. The first-order chi connectivity index (χ1) is 10.6. The summed E-state index contributed by atoms with van der Waals surface area (Å²) in [7, 11) is 0. The lowest BCUT2D eigenvalue weighted by atomic mass is 10.0. The third-order valence-corrected chi connectivity index (χ3v) is 4.35. The second-order valence-corrected chi connectivity index (χ2v) is 6.69. The number of anilines is 1. The van der Waals surface area contributed by atoms with E-state index >= 15 is 0 Å². The van der Waals surface area contributed by atoms with Crippen molar-refractivity contribution < 1.29 is 9.21 Å². The van der Waals surface area contributed by atoms with Crippen molar-refractivity contribution in [1.29, 1.82) is 0 Å². The molecular weight excluding hydrogens is 298 g/mol. The predicted molar refractivity (Wildman–Crippen MR) is 86.2 cm³/mol. The number of amides is 1. The second kappa shape index (κ2) is 6.52. The molecule has 3 rings (SSSR count). The molecule has 1 aromatic carbocycles. The number of hydrogen-bond donors (Lipinski definition) is 1. The highest BCUT2D eigenvalue weighted by molar-refractivity contribution is 7.99. The summed E-state index contributed by atoms with van der Waals surface area (Å²) in [5.74, 6) is 1.70. The van der Waals surface area contributed by atoms with Gasteiger partial charge in [0.15, 0.2) is 0 Å². The van der Waals surface area contributed by atoms with Gasteiger partial charge >= 0.3 is 0 Å². The van der Waals surface area contributed by atoms with Crippen LogP contribution in [-0.2, 0) is 4.79 Å². The van der Waals surface area contributed by atoms with E-state index < -0.39 is 0 Å². The van der Waals surface area contributed by atoms with E-state index in [0.29, 0.717) is 22.9 Å². The number of carbonyl (C=O) groups is 1. The Bertz CT molecular complexity index is 665. The van der Waals surface area contributed by atoms with Gasteiger partial charge in [-0.15, -0.1) is 10.2 Å². The Kier molecular flexibility index (Phi) is 4.47. The van der Waals surface area contributed by atoms with E-state index in [4.69, 9.17) is 4.42 Å². The van der Waals surface area contributed by atoms with Crippen molar-refractivity contribution in [2.75, 3.05) is 11.1 Å². The van der Waals surface area contributed by atoms with Crippen molar-refractivity contribution in [2.45, 2.75) is 43.7 Å². The molecule has 0 radical (unpaired) electrons. The van der Waals surface area contributed by atoms with Crippen LogP contribution in [0.3, 0.4) is 0 Å². The van der Waals surface area contributed by atoms with Crippen LogP contribution in [0.25, 0.3) is 0 Å². The van der Waals surface area contributed by atoms with E-state index in [0.717, 1.165) is 24.1 Å². The Morgan fingerprint density at radius 1 is 1.36 bits per heavy atom. The highest BCUT2D eigenvalue weighted by Crippen LogP contribution is 2.39. The minimum absolute atomic E-state index is 0.0655. The molecule has 0 atom stereocenters. The van der Waals surface area contributed by atoms with Gasteiger partial charge in [-0.05, 0) is 30.4 Å². The molecule has 116 valence electrons. The van der Waals surface area contributed by atoms with Gasteiger partial charge in [0.05, 0.1) is 5.75 Å². The molecule has 2 aromatic rings. The Morgan fingerprint density at radius 2 is 2.14 bits per heavy atom. The molecule has 1 aliphatic rings. The van der Waals surface area contributed by atoms with E-state index in [1.807, 2.05) is 24.3 Å². The molecule has 0 unspecified atom stereocenters. The maximum atomic E-state index is 12.1. The van der Waals surface area contributed by atoms with Crippen molar-refractivity contribution in [1.82, 2.24) is 10.2 Å². The van der Waals surface area contributed by atoms with E-state index in [9.17, 15) is 4.79 Å². The van der Waals surface area contributed by atoms with E-state index in [1.165, 1.54) is 11.8 Å². The van der Waals surface area contributed by atoms with E-state index in [-0.39, 0.29) is 11.7 Å². The summed E-state index contributed by atoms with van der Waals surface area (Å²) in [6.07, 6.45) is 2.25. The molecule has 1 amide bonds. The summed E-state index contributed by atoms with van der Waals surface area (Å²) < 4.78 is 5.53. The topological polar surface area (TPSA) is 68.0 Å². The van der Waals surface area contributed by atoms with Crippen LogP contribution < -0.4 is 5.32 Å². The number of benzene rings is 1. The van der Waals surface area contributed by atoms with Gasteiger partial charge < -0.3 is 9.73 Å². The molecule has 1 fully saturated rings. The number of hydrogen-bond acceptors (Lipinski definition) is 5. The van der Waals surface area contributed by atoms with Crippen LogP contribution in [-0.4, -0.2) is 21.9 Å². The molecule has 22 heavy (non-hydrogen) atoms. The molecule has 0 aliphatic heterocycles. The molecule has 5 nitrogen and oxygen atoms in total. The van der Waals surface area contributed by atoms with Gasteiger partial charge in [-0.1, -0.05) is 43.8 Å². The van der Waals surface area contributed by atoms with Crippen LogP contribution in [0.5, 0.6) is 0 Å². The average Bonchev–Trinajstić information content (AvgIpc) is 3.24. The number of nitrogens with zero attached hydrogens (tertiary/aromatic N) is 2. The van der Waals surface area contributed by atoms with E-state index in [1.54, 1.807) is 0 Å². The van der Waals surface area contributed by atoms with Crippen LogP contribution in [0.4, 0.5) is 5.69 Å². The van der Waals surface area contributed by atoms with Crippen molar-refractivity contribution in [2.24, 2.45) is 0 Å². The summed E-state index contributed by atoms with van der Waals surface area (Å²) in [6.45, 7) is 4.22. The molecule has 0 spiro atoms. The SMILES string of the molecule is CC(C)c1ccccc1NC(=O)CSc1nnc(C2CC2)o1. The van der Waals surface area contributed by atoms with Gasteiger partial charge in [0.25, 0.3) is 5.22 Å². The molecule has 0 bridgehead atoms. The van der Waals surface area contributed by atoms with Crippen molar-refractivity contribution in [3.63, 3.8) is 0 Å². The number of rotatable bonds is 6. The van der Waals surface area contributed by atoms with Crippen molar-refractivity contribution in [3.05, 3.63) is 35.7 Å². The highest BCUT2D eigenvalue weighted by atomic mass is 32.2. The quantitative estimate of drug-likeness (QED) is 0.821. The first-order valence-electron chi connectivity index (χ1n) is 7.48. The van der Waals surface area contributed by atoms with Gasteiger partial charge in [-0.25, -0.2) is 0 Å². The number of thioether (sulfide) groups is 1. The Balaban J connectivity index is 1.55. The minimum Gasteiger partial charge on any atom is -0.416 e. The summed E-state index contributed by atoms with van der Waals surface area (Å²) in [4.78, 5) is 12.1. The zero-order valence-corrected chi connectivity index (χ0v) is 13.5. The molecular formula is C16H19N3O2S. The Hall–Kier alpha value is -1.82. The number of carbonyl (C=O) groups excluding carboxylic acids is 1. The maximum Gasteiger partial charge on any atom is 0.277 e. The van der Waals surface area contributed by atoms with Crippen LogP contribution >= 0.6 is 11.8 Å². The summed E-state index contributed by atoms with van der Waals surface area (Å²) in [5, 5.41) is 11.4. The molecule has 1 N–H and O–H groups in total. The van der Waals surface area contributed by atoms with Gasteiger partial charge in [0.2, 0.25) is 11.8 Å². The second-order valence-electron chi connectivity index (χ2n) is 5.76. The highest BCUT2D eigenvalue weighted by Gasteiger charge is 2.29. The third-order valence-electron chi connectivity index (χ3n) is 3.53. The smallest absolute Gasteiger partial charge is 0.277 e. The van der Waals surface area contributed by atoms with E-state index in [2.05, 4.69) is 29.4 Å². The fourth-order valence-corrected chi connectivity index (χ4v) is 2.77. The molecule has 1 saturated carbocycles. The first kappa shape index (κ1) is 15.1. The maximum absolute atomic E-state index is 12.1. The van der Waals surface area contributed by atoms with Gasteiger partial charge in [0, 0.05) is 11.6 Å². The third kappa shape index (κ3) is 3.68. The largest absolute Gasteiger partial charge is 0.416 e. The van der Waals surface area contributed by atoms with Crippen molar-refractivity contribution in [3.8, 4) is 0 Å². The normalized spacial score (nSPS) is 14.3. The molecule has 1 heterocycles. The molecule has 1 aliphatic carbocycles. The number of nitrogens with one attached hydrogen (secondary N) is 1. The number of para-hydroxylation sites is 1. The number of aromatic nitrogens is 2. The van der Waals surface area contributed by atoms with Crippen LogP contribution in [0.15, 0.2) is 33.9 Å². The lowest BCUT2D eigenvalue weighted by molar-refractivity contribution is -0.113. The average molecular weight is 317 g/mol. The predicted octanol–water partition coefficient (Wildman–Crippen LogP) is 3.80. The zero-order chi connectivity index (χ0) is 15.5.